The third-order valence-electron chi connectivity index (χ3n) is 14.6. The summed E-state index contributed by atoms with van der Waals surface area (Å²) in [5.74, 6) is -1.83. The van der Waals surface area contributed by atoms with Crippen molar-refractivity contribution < 1.29 is 58.3 Å². The van der Waals surface area contributed by atoms with Crippen molar-refractivity contribution in [2.24, 2.45) is 0 Å². The van der Waals surface area contributed by atoms with Crippen LogP contribution in [0.15, 0.2) is 0 Å². The molecule has 0 rings (SSSR count). The smallest absolute Gasteiger partial charge is 0.550 e. The fourth-order valence-corrected chi connectivity index (χ4v) is 9.88. The molecule has 0 bridgehead atoms. The Kier molecular flexibility index (Phi) is 67.2. The first-order valence-electron chi connectivity index (χ1n) is 32.0. The van der Waals surface area contributed by atoms with Gasteiger partial charge in [0, 0.05) is 24.8 Å². The second kappa shape index (κ2) is 64.8. The molecule has 0 N–H and O–H groups in total. The SMILES string of the molecule is CCCCCCCCCCCCCC(=O)OC(CCCCCC)CCCCCCCCCCC(=O)[O-].CCCCCCCCCCCCCC(=O)OC(CCCCCC)CCCCCCCCCCC(=O)[O-].[Zn+2]. The Labute approximate surface area is 466 Å². The van der Waals surface area contributed by atoms with Gasteiger partial charge in [0.1, 0.15) is 12.2 Å². The zero-order valence-electron chi connectivity index (χ0n) is 49.3. The molecule has 428 valence electrons. The van der Waals surface area contributed by atoms with Crippen LogP contribution in [-0.4, -0.2) is 36.1 Å². The Morgan fingerprint density at radius 3 is 0.630 bits per heavy atom. The van der Waals surface area contributed by atoms with Gasteiger partial charge in [0.25, 0.3) is 0 Å². The van der Waals surface area contributed by atoms with Crippen molar-refractivity contribution >= 4 is 23.9 Å². The second-order valence-corrected chi connectivity index (χ2v) is 22.0. The molecule has 0 fully saturated rings. The summed E-state index contributed by atoms with van der Waals surface area (Å²) in [6.45, 7) is 9.00. The normalized spacial score (nSPS) is 11.9. The number of carbonyl (C=O) groups excluding carboxylic acids is 4. The van der Waals surface area contributed by atoms with E-state index in [2.05, 4.69) is 27.7 Å². The Morgan fingerprint density at radius 1 is 0.260 bits per heavy atom. The summed E-state index contributed by atoms with van der Waals surface area (Å²) in [6, 6.07) is 0. The fourth-order valence-electron chi connectivity index (χ4n) is 9.88. The van der Waals surface area contributed by atoms with Crippen molar-refractivity contribution in [3.8, 4) is 0 Å². The van der Waals surface area contributed by atoms with Crippen LogP contribution < -0.4 is 10.2 Å². The minimum Gasteiger partial charge on any atom is -0.550 e. The van der Waals surface area contributed by atoms with E-state index in [1.165, 1.54) is 205 Å². The van der Waals surface area contributed by atoms with Crippen molar-refractivity contribution in [1.82, 2.24) is 0 Å². The number of esters is 2. The number of hydrogen-bond acceptors (Lipinski definition) is 8. The predicted molar refractivity (Wildman–Crippen MR) is 302 cm³/mol. The zero-order chi connectivity index (χ0) is 53.1. The maximum Gasteiger partial charge on any atom is 2.00 e. The van der Waals surface area contributed by atoms with Gasteiger partial charge >= 0.3 is 31.4 Å². The first-order chi connectivity index (χ1) is 35.2. The minimum atomic E-state index is -0.932. The Hall–Kier alpha value is -1.50. The van der Waals surface area contributed by atoms with Crippen molar-refractivity contribution in [1.29, 1.82) is 0 Å². The van der Waals surface area contributed by atoms with Crippen molar-refractivity contribution in [3.05, 3.63) is 0 Å². The maximum absolute atomic E-state index is 12.4. The molecule has 0 aromatic rings. The van der Waals surface area contributed by atoms with Gasteiger partial charge in [0.2, 0.25) is 0 Å². The van der Waals surface area contributed by atoms with Crippen LogP contribution in [0.3, 0.4) is 0 Å². The minimum absolute atomic E-state index is 0. The number of rotatable bonds is 58. The second-order valence-electron chi connectivity index (χ2n) is 22.0. The van der Waals surface area contributed by atoms with Gasteiger partial charge < -0.3 is 29.3 Å². The Bertz CT molecular complexity index is 1050. The molecule has 0 saturated carbocycles. The number of aliphatic carboxylic acids is 2. The number of carboxylic acids is 2. The van der Waals surface area contributed by atoms with Crippen molar-refractivity contribution in [2.75, 3.05) is 0 Å². The number of carbonyl (C=O) groups is 4. The summed E-state index contributed by atoms with van der Waals surface area (Å²) in [7, 11) is 0. The Balaban J connectivity index is -0.00000132. The molecular weight excluding hydrogens is 962 g/mol. The van der Waals surface area contributed by atoms with E-state index in [0.717, 1.165) is 116 Å². The molecule has 73 heavy (non-hydrogen) atoms. The van der Waals surface area contributed by atoms with Gasteiger partial charge in [-0.25, -0.2) is 0 Å². The van der Waals surface area contributed by atoms with Crippen LogP contribution in [0.25, 0.3) is 0 Å². The number of hydrogen-bond donors (Lipinski definition) is 0. The van der Waals surface area contributed by atoms with Gasteiger partial charge in [-0.1, -0.05) is 272 Å². The average Bonchev–Trinajstić information content (AvgIpc) is 3.36. The molecule has 0 saturated heterocycles. The first-order valence-corrected chi connectivity index (χ1v) is 32.0. The topological polar surface area (TPSA) is 133 Å². The van der Waals surface area contributed by atoms with Crippen molar-refractivity contribution in [2.45, 2.75) is 387 Å². The third-order valence-corrected chi connectivity index (χ3v) is 14.6. The summed E-state index contributed by atoms with van der Waals surface area (Å²) in [5, 5.41) is 20.9. The van der Waals surface area contributed by atoms with E-state index < -0.39 is 11.9 Å². The molecule has 0 radical (unpaired) electrons. The van der Waals surface area contributed by atoms with Crippen molar-refractivity contribution in [3.63, 3.8) is 0 Å². The molecule has 0 aromatic heterocycles. The van der Waals surface area contributed by atoms with Gasteiger partial charge in [-0.15, -0.1) is 0 Å². The molecular formula is C64H122O8Zn. The molecule has 0 amide bonds. The fraction of sp³-hybridized carbons (Fsp3) is 0.938. The van der Waals surface area contributed by atoms with Crippen LogP contribution in [0.1, 0.15) is 374 Å². The molecule has 8 nitrogen and oxygen atoms in total. The summed E-state index contributed by atoms with van der Waals surface area (Å²) < 4.78 is 11.8. The van der Waals surface area contributed by atoms with Gasteiger partial charge in [-0.2, -0.15) is 0 Å². The van der Waals surface area contributed by atoms with Gasteiger partial charge in [-0.3, -0.25) is 9.59 Å². The van der Waals surface area contributed by atoms with Gasteiger partial charge in [0.15, 0.2) is 0 Å². The van der Waals surface area contributed by atoms with E-state index in [9.17, 15) is 29.4 Å². The van der Waals surface area contributed by atoms with Crippen LogP contribution >= 0.6 is 0 Å². The monoisotopic (exact) mass is 1080 g/mol. The molecule has 9 heteroatoms. The van der Waals surface area contributed by atoms with Crippen LogP contribution in [0.2, 0.25) is 0 Å². The molecule has 0 aliphatic rings. The molecule has 2 atom stereocenters. The summed E-state index contributed by atoms with van der Waals surface area (Å²) >= 11 is 0. The number of unbranched alkanes of at least 4 members (excludes halogenated alkanes) is 40. The molecule has 0 spiro atoms. The van der Waals surface area contributed by atoms with E-state index in [-0.39, 0.29) is 56.5 Å². The molecule has 0 aromatic carbocycles. The molecule has 2 unspecified atom stereocenters. The largest absolute Gasteiger partial charge is 2.00 e. The van der Waals surface area contributed by atoms with Gasteiger partial charge in [-0.05, 0) is 89.9 Å². The van der Waals surface area contributed by atoms with E-state index in [1.54, 1.807) is 0 Å². The van der Waals surface area contributed by atoms with Gasteiger partial charge in [0.05, 0.1) is 0 Å². The van der Waals surface area contributed by atoms with E-state index in [1.807, 2.05) is 0 Å². The average molecular weight is 1090 g/mol. The third kappa shape index (κ3) is 66.6. The zero-order valence-corrected chi connectivity index (χ0v) is 52.3. The molecule has 0 aliphatic carbocycles. The van der Waals surface area contributed by atoms with E-state index in [0.29, 0.717) is 12.8 Å². The summed E-state index contributed by atoms with van der Waals surface area (Å²) in [4.78, 5) is 45.7. The number of ether oxygens (including phenoxy) is 2. The summed E-state index contributed by atoms with van der Waals surface area (Å²) in [6.07, 6.45) is 61.7. The van der Waals surface area contributed by atoms with E-state index in [4.69, 9.17) is 9.47 Å². The maximum atomic E-state index is 12.4. The first kappa shape index (κ1) is 75.7. The Morgan fingerprint density at radius 2 is 0.425 bits per heavy atom. The standard InChI is InChI=1S/2C32H62O4.Zn/c2*1-3-5-7-9-10-11-12-13-18-21-25-29-32(35)36-30(26-22-8-6-4-2)27-23-19-16-14-15-17-20-24-28-31(33)34;/h2*30H,3-29H2,1-2H3,(H,33,34);/q;;+2/p-2. The van der Waals surface area contributed by atoms with Crippen LogP contribution in [0.4, 0.5) is 0 Å². The predicted octanol–water partition coefficient (Wildman–Crippen LogP) is 18.4. The summed E-state index contributed by atoms with van der Waals surface area (Å²) in [5.41, 5.74) is 0. The van der Waals surface area contributed by atoms with Crippen LogP contribution in [0, 0.1) is 0 Å². The quantitative estimate of drug-likeness (QED) is 0.0334. The molecule has 0 heterocycles. The number of carboxylic acid groups (broad SMARTS) is 2. The van der Waals surface area contributed by atoms with Crippen LogP contribution in [-0.2, 0) is 48.1 Å². The van der Waals surface area contributed by atoms with Crippen LogP contribution in [0.5, 0.6) is 0 Å². The van der Waals surface area contributed by atoms with E-state index >= 15 is 0 Å². The molecule has 0 aliphatic heterocycles.